The zero-order valence-corrected chi connectivity index (χ0v) is 54.0. The molecule has 0 atom stereocenters. The van der Waals surface area contributed by atoms with Crippen molar-refractivity contribution in [3.8, 4) is 44.8 Å². The first-order valence-corrected chi connectivity index (χ1v) is 31.5. The largest absolute Gasteiger partial charge is 0.311 e. The van der Waals surface area contributed by atoms with Crippen LogP contribution in [0, 0.1) is 0 Å². The van der Waals surface area contributed by atoms with Crippen LogP contribution in [-0.4, -0.2) is 15.8 Å². The molecule has 0 amide bonds. The number of hydrogen-bond acceptors (Lipinski definition) is 2. The van der Waals surface area contributed by atoms with Crippen molar-refractivity contribution in [1.29, 1.82) is 0 Å². The second-order valence-electron chi connectivity index (χ2n) is 28.5. The fourth-order valence-corrected chi connectivity index (χ4v) is 13.7. The lowest BCUT2D eigenvalue weighted by molar-refractivity contribution is 0.570. The molecule has 4 heterocycles. The predicted octanol–water partition coefficient (Wildman–Crippen LogP) is 22.2. The Kier molecular flexibility index (Phi) is 8.83. The van der Waals surface area contributed by atoms with Gasteiger partial charge in [0, 0.05) is 66.8 Å². The van der Waals surface area contributed by atoms with Crippen molar-refractivity contribution in [1.82, 2.24) is 9.13 Å². The van der Waals surface area contributed by atoms with Crippen LogP contribution in [0.5, 0.6) is 0 Å². The number of benzene rings is 12. The van der Waals surface area contributed by atoms with Gasteiger partial charge in [0.1, 0.15) is 0 Å². The lowest BCUT2D eigenvalue weighted by atomic mass is 9.33. The second-order valence-corrected chi connectivity index (χ2v) is 28.5. The van der Waals surface area contributed by atoms with Crippen LogP contribution in [0.1, 0.15) is 135 Å². The average molecular weight is 1230 g/mol. The first-order chi connectivity index (χ1) is 53.9. The van der Waals surface area contributed by atoms with E-state index in [0.29, 0.717) is 56.0 Å². The van der Waals surface area contributed by atoms with Crippen LogP contribution >= 0.6 is 0 Å². The first kappa shape index (κ1) is 38.7. The van der Waals surface area contributed by atoms with Crippen LogP contribution < -0.4 is 26.2 Å². The molecule has 0 saturated carbocycles. The number of anilines is 6. The van der Waals surface area contributed by atoms with Gasteiger partial charge in [0.15, 0.2) is 0 Å². The van der Waals surface area contributed by atoms with E-state index in [9.17, 15) is 24.7 Å². The lowest BCUT2D eigenvalue weighted by Crippen LogP contribution is -2.61. The Balaban J connectivity index is 1.18. The van der Waals surface area contributed by atoms with Crippen molar-refractivity contribution in [3.05, 3.63) is 283 Å². The number of fused-ring (bicyclic) bond motifs is 10. The molecule has 4 nitrogen and oxygen atoms in total. The fourth-order valence-electron chi connectivity index (χ4n) is 13.7. The molecule has 16 rings (SSSR count). The number of aromatic nitrogens is 2. The molecule has 12 aromatic carbocycles. The van der Waals surface area contributed by atoms with Gasteiger partial charge in [0.05, 0.1) is 63.6 Å². The minimum Gasteiger partial charge on any atom is -0.311 e. The van der Waals surface area contributed by atoms with Crippen LogP contribution in [-0.2, 0) is 21.7 Å². The molecule has 0 fully saturated rings. The van der Waals surface area contributed by atoms with Gasteiger partial charge in [-0.25, -0.2) is 0 Å². The summed E-state index contributed by atoms with van der Waals surface area (Å²) in [6, 6.07) is 25.7. The smallest absolute Gasteiger partial charge is 0.252 e. The number of nitrogens with zero attached hydrogens (tertiary/aromatic N) is 4. The van der Waals surface area contributed by atoms with Gasteiger partial charge >= 0.3 is 0 Å². The minimum absolute atomic E-state index is 0.139. The third-order valence-electron chi connectivity index (χ3n) is 18.4. The molecule has 2 aliphatic heterocycles. The molecule has 2 aromatic heterocycles. The maximum absolute atomic E-state index is 11.5. The quantitative estimate of drug-likeness (QED) is 0.148. The Morgan fingerprint density at radius 3 is 1.10 bits per heavy atom. The number of rotatable bonds is 7. The summed E-state index contributed by atoms with van der Waals surface area (Å²) in [5.74, 6) is 0. The third-order valence-corrected chi connectivity index (χ3v) is 18.4. The van der Waals surface area contributed by atoms with E-state index in [0.717, 1.165) is 37.0 Å². The maximum Gasteiger partial charge on any atom is 0.252 e. The standard InChI is InChI=1S/C88H79BN4/c1-85(2,3)59-29-25-27-56(49-59)65-31-13-19-37-74(65)92-80-54-62(90-76-39-21-15-33-67(76)68-34-16-22-40-77(68)90)44-47-72(80)89-73-48-45-63(91-78-41-23-17-35-69(78)70-36-18-24-42-79(70)91)55-81(73)93(75-38-20-14-32-66(75)57-28-26-30-60(50-57)86(4,5)6)83-52-58(51-82(92)84(83)89)64-46-43-61(87(7,8)9)53-71(64)88(10,11)12/h13-55H,1-12H3/i15D,16D,17D,18D,21D,22D,23D,24D,33D,34D,35D,36D,39D,40D,41D,42D,44D,45D,47D,48D,54D,55D. The van der Waals surface area contributed by atoms with Crippen molar-refractivity contribution in [2.24, 2.45) is 0 Å². The Bertz CT molecular complexity index is 6200. The monoisotopic (exact) mass is 1220 g/mol. The zero-order chi connectivity index (χ0) is 83.2. The van der Waals surface area contributed by atoms with Gasteiger partial charge in [-0.15, -0.1) is 0 Å². The van der Waals surface area contributed by atoms with Crippen LogP contribution in [0.15, 0.2) is 260 Å². The molecule has 0 spiro atoms. The van der Waals surface area contributed by atoms with Crippen molar-refractivity contribution in [3.63, 3.8) is 0 Å². The van der Waals surface area contributed by atoms with E-state index < -0.39 is 189 Å². The van der Waals surface area contributed by atoms with E-state index in [1.54, 1.807) is 0 Å². The van der Waals surface area contributed by atoms with Crippen LogP contribution in [0.25, 0.3) is 88.4 Å². The predicted molar refractivity (Wildman–Crippen MR) is 400 cm³/mol. The molecule has 0 unspecified atom stereocenters. The Hall–Kier alpha value is -10.1. The van der Waals surface area contributed by atoms with Crippen molar-refractivity contribution >= 4 is 101 Å². The van der Waals surface area contributed by atoms with Gasteiger partial charge < -0.3 is 18.9 Å². The summed E-state index contributed by atoms with van der Waals surface area (Å²) in [6.45, 7) is 23.7. The summed E-state index contributed by atoms with van der Waals surface area (Å²) >= 11 is 0. The molecule has 2 aliphatic rings. The van der Waals surface area contributed by atoms with Crippen LogP contribution in [0.2, 0.25) is 0 Å². The summed E-state index contributed by atoms with van der Waals surface area (Å²) < 4.78 is 219. The minimum atomic E-state index is -1.60. The van der Waals surface area contributed by atoms with E-state index in [2.05, 4.69) is 113 Å². The van der Waals surface area contributed by atoms with Gasteiger partial charge in [0.25, 0.3) is 6.71 Å². The van der Waals surface area contributed by atoms with Crippen molar-refractivity contribution < 1.29 is 30.2 Å². The average Bonchev–Trinajstić information content (AvgIpc) is 1.59. The molecule has 5 heteroatoms. The maximum atomic E-state index is 11.5. The zero-order valence-electron chi connectivity index (χ0n) is 76.0. The van der Waals surface area contributed by atoms with E-state index >= 15 is 0 Å². The summed E-state index contributed by atoms with van der Waals surface area (Å²) in [5, 5.41) is -1.37. The van der Waals surface area contributed by atoms with Gasteiger partial charge in [-0.05, 0) is 155 Å². The molecular formula is C88H79BN4. The number of hydrogen-bond donors (Lipinski definition) is 0. The molecular weight excluding hydrogens is 1120 g/mol. The van der Waals surface area contributed by atoms with E-state index in [1.165, 1.54) is 0 Å². The van der Waals surface area contributed by atoms with Crippen LogP contribution in [0.3, 0.4) is 0 Å². The van der Waals surface area contributed by atoms with Gasteiger partial charge in [-0.1, -0.05) is 271 Å². The summed E-state index contributed by atoms with van der Waals surface area (Å²) in [6.07, 6.45) is 0. The van der Waals surface area contributed by atoms with Crippen molar-refractivity contribution in [2.75, 3.05) is 9.80 Å². The topological polar surface area (TPSA) is 16.3 Å². The van der Waals surface area contributed by atoms with Gasteiger partial charge in [-0.2, -0.15) is 0 Å². The lowest BCUT2D eigenvalue weighted by Gasteiger charge is -2.45. The first-order valence-electron chi connectivity index (χ1n) is 42.5. The molecule has 0 bridgehead atoms. The summed E-state index contributed by atoms with van der Waals surface area (Å²) in [5.41, 5.74) is 4.44. The van der Waals surface area contributed by atoms with E-state index in [4.69, 9.17) is 5.48 Å². The Morgan fingerprint density at radius 2 is 0.699 bits per heavy atom. The molecule has 454 valence electrons. The van der Waals surface area contributed by atoms with Crippen LogP contribution in [0.4, 0.5) is 34.1 Å². The van der Waals surface area contributed by atoms with E-state index in [-0.39, 0.29) is 49.3 Å². The SMILES string of the molecule is [2H]c1c([2H])c(-n2c3c([2H])c([2H])c([2H])c([2H])c3c3c([2H])c([2H])c([2H])c([2H])c32)c([2H])c2c1B1c3c(cc(-c4ccc(C(C)(C)C)cc4C(C)(C)C)cc3N(c3ccccc3-c3cccc(C(C)(C)C)c3)c3c([2H])c(-n4c5c([2H])c([2H])c([2H])c([2H])c5c5c([2H])c([2H])c([2H])c([2H])c54)c([2H])c([2H])c31)N2c1ccccc1-c1cccc(C(C)(C)C)c1. The highest BCUT2D eigenvalue weighted by atomic mass is 15.2. The normalized spacial score (nSPS) is 16.6. The molecule has 0 saturated heterocycles. The molecule has 14 aromatic rings. The second kappa shape index (κ2) is 21.2. The summed E-state index contributed by atoms with van der Waals surface area (Å²) in [4.78, 5) is 3.66. The molecule has 93 heavy (non-hydrogen) atoms. The highest BCUT2D eigenvalue weighted by Crippen LogP contribution is 2.52. The Labute approximate surface area is 580 Å². The third kappa shape index (κ3) is 9.48. The van der Waals surface area contributed by atoms with E-state index in [1.807, 2.05) is 107 Å². The highest BCUT2D eigenvalue weighted by molar-refractivity contribution is 7.00. The number of para-hydroxylation sites is 6. The highest BCUT2D eigenvalue weighted by Gasteiger charge is 2.45. The van der Waals surface area contributed by atoms with Gasteiger partial charge in [0.2, 0.25) is 0 Å². The molecule has 0 N–H and O–H groups in total. The fraction of sp³-hybridized carbons (Fsp3) is 0.182. The Morgan fingerprint density at radius 1 is 0.312 bits per heavy atom. The summed E-state index contributed by atoms with van der Waals surface area (Å²) in [7, 11) is 0. The van der Waals surface area contributed by atoms with Crippen molar-refractivity contribution in [2.45, 2.75) is 105 Å². The molecule has 0 radical (unpaired) electrons. The van der Waals surface area contributed by atoms with Gasteiger partial charge in [-0.3, -0.25) is 0 Å². The molecule has 0 aliphatic carbocycles.